The summed E-state index contributed by atoms with van der Waals surface area (Å²) >= 11 is 0. The molecule has 160 valence electrons. The fourth-order valence-electron chi connectivity index (χ4n) is 4.33. The van der Waals surface area contributed by atoms with E-state index in [4.69, 9.17) is 4.74 Å². The van der Waals surface area contributed by atoms with Crippen molar-refractivity contribution in [2.75, 3.05) is 43.1 Å². The van der Waals surface area contributed by atoms with Crippen LogP contribution >= 0.6 is 0 Å². The molecule has 0 bridgehead atoms. The number of aryl methyl sites for hydroxylation is 2. The summed E-state index contributed by atoms with van der Waals surface area (Å²) in [6, 6.07) is 9.40. The zero-order valence-electron chi connectivity index (χ0n) is 17.9. The van der Waals surface area contributed by atoms with Crippen LogP contribution in [0.4, 0.5) is 11.5 Å². The van der Waals surface area contributed by atoms with Crippen molar-refractivity contribution in [2.45, 2.75) is 39.3 Å². The third kappa shape index (κ3) is 3.74. The lowest BCUT2D eigenvalue weighted by atomic mass is 10.1. The van der Waals surface area contributed by atoms with Crippen LogP contribution < -0.4 is 14.5 Å². The number of anilines is 2. The first-order chi connectivity index (χ1) is 14.5. The first-order valence-corrected chi connectivity index (χ1v) is 10.6. The first kappa shape index (κ1) is 20.3. The number of nitrogens with zero attached hydrogens (tertiary/aromatic N) is 5. The summed E-state index contributed by atoms with van der Waals surface area (Å²) in [4.78, 5) is 32.0. The summed E-state index contributed by atoms with van der Waals surface area (Å²) in [5.74, 6) is 1.59. The van der Waals surface area contributed by atoms with E-state index in [1.54, 1.807) is 12.0 Å². The van der Waals surface area contributed by atoms with Crippen LogP contribution in [-0.4, -0.2) is 65.8 Å². The Hall–Kier alpha value is -3.03. The zero-order valence-corrected chi connectivity index (χ0v) is 17.9. The molecule has 1 aromatic heterocycles. The van der Waals surface area contributed by atoms with Gasteiger partial charge < -0.3 is 14.5 Å². The van der Waals surface area contributed by atoms with E-state index in [1.165, 1.54) is 0 Å². The van der Waals surface area contributed by atoms with Gasteiger partial charge in [-0.15, -0.1) is 0 Å². The molecule has 2 aliphatic rings. The molecular weight excluding hydrogens is 382 g/mol. The van der Waals surface area contributed by atoms with E-state index in [1.807, 2.05) is 53.8 Å². The zero-order chi connectivity index (χ0) is 21.3. The SMILES string of the molecule is CC[C@H](C(=O)N1CCN(c2ccc(OC)cc2)CC1)N1C(=O)CCn2nc(C)cc21. The number of fused-ring (bicyclic) bond motifs is 1. The second-order valence-corrected chi connectivity index (χ2v) is 7.82. The van der Waals surface area contributed by atoms with Crippen LogP contribution in [0.1, 0.15) is 25.5 Å². The normalized spacial score (nSPS) is 17.7. The highest BCUT2D eigenvalue weighted by Crippen LogP contribution is 2.27. The summed E-state index contributed by atoms with van der Waals surface area (Å²) in [6.07, 6.45) is 0.955. The Labute approximate surface area is 177 Å². The van der Waals surface area contributed by atoms with E-state index < -0.39 is 6.04 Å². The number of hydrogen-bond acceptors (Lipinski definition) is 5. The lowest BCUT2D eigenvalue weighted by Gasteiger charge is -2.40. The van der Waals surface area contributed by atoms with Gasteiger partial charge in [0.1, 0.15) is 17.6 Å². The summed E-state index contributed by atoms with van der Waals surface area (Å²) in [6.45, 7) is 7.26. The minimum absolute atomic E-state index is 0.000492. The van der Waals surface area contributed by atoms with Gasteiger partial charge >= 0.3 is 0 Å². The number of carbonyl (C=O) groups is 2. The van der Waals surface area contributed by atoms with Gasteiger partial charge in [-0.3, -0.25) is 14.5 Å². The van der Waals surface area contributed by atoms with E-state index in [-0.39, 0.29) is 11.8 Å². The van der Waals surface area contributed by atoms with Crippen LogP contribution in [0, 0.1) is 6.92 Å². The summed E-state index contributed by atoms with van der Waals surface area (Å²) in [5.41, 5.74) is 1.99. The van der Waals surface area contributed by atoms with Gasteiger partial charge in [0.15, 0.2) is 0 Å². The molecule has 30 heavy (non-hydrogen) atoms. The molecule has 2 aromatic rings. The summed E-state index contributed by atoms with van der Waals surface area (Å²) < 4.78 is 7.07. The minimum Gasteiger partial charge on any atom is -0.497 e. The molecule has 0 spiro atoms. The van der Waals surface area contributed by atoms with Crippen molar-refractivity contribution in [1.29, 1.82) is 0 Å². The number of aromatic nitrogens is 2. The van der Waals surface area contributed by atoms with E-state index in [2.05, 4.69) is 10.00 Å². The van der Waals surface area contributed by atoms with Crippen LogP contribution in [0.15, 0.2) is 30.3 Å². The molecule has 8 heteroatoms. The van der Waals surface area contributed by atoms with Crippen molar-refractivity contribution >= 4 is 23.3 Å². The highest BCUT2D eigenvalue weighted by atomic mass is 16.5. The minimum atomic E-state index is -0.486. The van der Waals surface area contributed by atoms with Crippen molar-refractivity contribution in [2.24, 2.45) is 0 Å². The van der Waals surface area contributed by atoms with Crippen molar-refractivity contribution in [3.63, 3.8) is 0 Å². The molecule has 0 N–H and O–H groups in total. The number of amides is 2. The van der Waals surface area contributed by atoms with Gasteiger partial charge in [0, 0.05) is 44.4 Å². The van der Waals surface area contributed by atoms with E-state index in [0.717, 1.165) is 36.0 Å². The lowest BCUT2D eigenvalue weighted by molar-refractivity contribution is -0.135. The van der Waals surface area contributed by atoms with Crippen molar-refractivity contribution in [3.05, 3.63) is 36.0 Å². The third-order valence-corrected chi connectivity index (χ3v) is 5.95. The second kappa shape index (κ2) is 8.38. The molecule has 3 heterocycles. The Morgan fingerprint density at radius 1 is 1.13 bits per heavy atom. The Bertz CT molecular complexity index is 915. The highest BCUT2D eigenvalue weighted by molar-refractivity contribution is 6.01. The maximum Gasteiger partial charge on any atom is 0.245 e. The maximum atomic E-state index is 13.4. The molecule has 1 saturated heterocycles. The van der Waals surface area contributed by atoms with Crippen LogP contribution in [0.25, 0.3) is 0 Å². The van der Waals surface area contributed by atoms with E-state index in [0.29, 0.717) is 32.5 Å². The largest absolute Gasteiger partial charge is 0.497 e. The number of piperazine rings is 1. The molecule has 4 rings (SSSR count). The number of hydrogen-bond donors (Lipinski definition) is 0. The highest BCUT2D eigenvalue weighted by Gasteiger charge is 2.37. The Kier molecular flexibility index (Phi) is 5.65. The lowest BCUT2D eigenvalue weighted by Crippen LogP contribution is -2.57. The quantitative estimate of drug-likeness (QED) is 0.753. The third-order valence-electron chi connectivity index (χ3n) is 5.95. The number of methoxy groups -OCH3 is 1. The topological polar surface area (TPSA) is 70.9 Å². The van der Waals surface area contributed by atoms with E-state index >= 15 is 0 Å². The first-order valence-electron chi connectivity index (χ1n) is 10.6. The Morgan fingerprint density at radius 3 is 2.47 bits per heavy atom. The van der Waals surface area contributed by atoms with E-state index in [9.17, 15) is 9.59 Å². The summed E-state index contributed by atoms with van der Waals surface area (Å²) in [5, 5.41) is 4.46. The van der Waals surface area contributed by atoms with Crippen LogP contribution in [0.2, 0.25) is 0 Å². The number of benzene rings is 1. The van der Waals surface area contributed by atoms with Crippen LogP contribution in [-0.2, 0) is 16.1 Å². The molecule has 0 saturated carbocycles. The van der Waals surface area contributed by atoms with Crippen molar-refractivity contribution in [3.8, 4) is 5.75 Å². The molecule has 0 unspecified atom stereocenters. The Balaban J connectivity index is 1.45. The van der Waals surface area contributed by atoms with Crippen molar-refractivity contribution in [1.82, 2.24) is 14.7 Å². The van der Waals surface area contributed by atoms with Crippen molar-refractivity contribution < 1.29 is 14.3 Å². The fourth-order valence-corrected chi connectivity index (χ4v) is 4.33. The van der Waals surface area contributed by atoms with Gasteiger partial charge in [0.25, 0.3) is 0 Å². The average Bonchev–Trinajstić information content (AvgIpc) is 3.16. The average molecular weight is 412 g/mol. The Morgan fingerprint density at radius 2 is 1.83 bits per heavy atom. The summed E-state index contributed by atoms with van der Waals surface area (Å²) in [7, 11) is 1.66. The molecule has 1 atom stereocenters. The maximum absolute atomic E-state index is 13.4. The molecule has 8 nitrogen and oxygen atoms in total. The van der Waals surface area contributed by atoms with Gasteiger partial charge in [0.05, 0.1) is 19.3 Å². The van der Waals surface area contributed by atoms with Gasteiger partial charge in [0.2, 0.25) is 11.8 Å². The smallest absolute Gasteiger partial charge is 0.245 e. The molecule has 0 radical (unpaired) electrons. The van der Waals surface area contributed by atoms with Gasteiger partial charge in [-0.05, 0) is 37.6 Å². The predicted octanol–water partition coefficient (Wildman–Crippen LogP) is 2.06. The standard InChI is InChI=1S/C22H29N5O3/c1-4-19(27-20-15-16(2)23-26(20)10-9-21(27)28)22(29)25-13-11-24(12-14-25)17-5-7-18(30-3)8-6-17/h5-8,15,19H,4,9-14H2,1-3H3/t19-/m1/s1. The number of rotatable bonds is 5. The van der Waals surface area contributed by atoms with Gasteiger partial charge in [-0.2, -0.15) is 5.10 Å². The van der Waals surface area contributed by atoms with Gasteiger partial charge in [-0.25, -0.2) is 4.68 Å². The molecule has 1 aromatic carbocycles. The second-order valence-electron chi connectivity index (χ2n) is 7.82. The monoisotopic (exact) mass is 411 g/mol. The molecular formula is C22H29N5O3. The molecule has 1 fully saturated rings. The van der Waals surface area contributed by atoms with Gasteiger partial charge in [-0.1, -0.05) is 6.92 Å². The molecule has 0 aliphatic carbocycles. The fraction of sp³-hybridized carbons (Fsp3) is 0.500. The number of ether oxygens (including phenoxy) is 1. The van der Waals surface area contributed by atoms with Crippen LogP contribution in [0.3, 0.4) is 0 Å². The predicted molar refractivity (Wildman–Crippen MR) is 115 cm³/mol. The number of carbonyl (C=O) groups excluding carboxylic acids is 2. The molecule has 2 amide bonds. The molecule has 2 aliphatic heterocycles. The van der Waals surface area contributed by atoms with Crippen LogP contribution in [0.5, 0.6) is 5.75 Å².